The predicted octanol–water partition coefficient (Wildman–Crippen LogP) is 6.32. The Hall–Kier alpha value is -3.20. The molecular formula is C26H23NO2. The number of amides is 2. The van der Waals surface area contributed by atoms with E-state index >= 15 is 0 Å². The van der Waals surface area contributed by atoms with E-state index in [1.807, 2.05) is 48.5 Å². The fourth-order valence-corrected chi connectivity index (χ4v) is 4.61. The van der Waals surface area contributed by atoms with E-state index < -0.39 is 0 Å². The third-order valence-corrected chi connectivity index (χ3v) is 6.02. The minimum atomic E-state index is -0.156. The molecule has 4 aromatic rings. The maximum Gasteiger partial charge on any atom is 0.262 e. The molecule has 0 spiro atoms. The summed E-state index contributed by atoms with van der Waals surface area (Å²) in [6.45, 7) is 2.64. The molecule has 5 rings (SSSR count). The summed E-state index contributed by atoms with van der Waals surface area (Å²) >= 11 is 0. The summed E-state index contributed by atoms with van der Waals surface area (Å²) in [4.78, 5) is 28.5. The molecule has 1 aliphatic heterocycles. The molecule has 3 heteroatoms. The highest BCUT2D eigenvalue weighted by Crippen LogP contribution is 2.39. The van der Waals surface area contributed by atoms with Gasteiger partial charge >= 0.3 is 0 Å². The van der Waals surface area contributed by atoms with Gasteiger partial charge in [0.05, 0.1) is 11.1 Å². The SMILES string of the molecule is CCCCCCN1C(=O)c2c3ccccc3cc3cc4ccccc4c(c23)C1=O. The number of benzene rings is 4. The number of unbranched alkanes of at least 4 members (excludes halogenated alkanes) is 3. The van der Waals surface area contributed by atoms with E-state index in [4.69, 9.17) is 0 Å². The molecular weight excluding hydrogens is 358 g/mol. The minimum Gasteiger partial charge on any atom is -0.274 e. The highest BCUT2D eigenvalue weighted by molar-refractivity contribution is 6.34. The van der Waals surface area contributed by atoms with Crippen molar-refractivity contribution in [1.29, 1.82) is 0 Å². The van der Waals surface area contributed by atoms with Crippen molar-refractivity contribution in [3.05, 3.63) is 71.8 Å². The first-order chi connectivity index (χ1) is 14.2. The van der Waals surface area contributed by atoms with Crippen molar-refractivity contribution in [2.75, 3.05) is 6.54 Å². The largest absolute Gasteiger partial charge is 0.274 e. The number of hydrogen-bond donors (Lipinski definition) is 0. The summed E-state index contributed by atoms with van der Waals surface area (Å²) in [6.07, 6.45) is 4.12. The molecule has 0 unspecified atom stereocenters. The predicted molar refractivity (Wildman–Crippen MR) is 118 cm³/mol. The monoisotopic (exact) mass is 381 g/mol. The van der Waals surface area contributed by atoms with Gasteiger partial charge < -0.3 is 0 Å². The van der Waals surface area contributed by atoms with E-state index in [2.05, 4.69) is 19.1 Å². The first-order valence-electron chi connectivity index (χ1n) is 10.4. The standard InChI is InChI=1S/C26H23NO2/c1-2-3-4-9-14-27-25(28)23-20-12-7-5-10-17(20)15-19-16-18-11-6-8-13-21(18)24(22(19)23)26(27)29/h5-8,10-13,15-16H,2-4,9,14H2,1H3. The molecule has 1 aliphatic rings. The first-order valence-corrected chi connectivity index (χ1v) is 10.4. The lowest BCUT2D eigenvalue weighted by molar-refractivity contribution is 0.0610. The quantitative estimate of drug-likeness (QED) is 0.230. The van der Waals surface area contributed by atoms with Crippen LogP contribution in [0.25, 0.3) is 32.3 Å². The summed E-state index contributed by atoms with van der Waals surface area (Å²) in [5.41, 5.74) is 1.35. The normalized spacial score (nSPS) is 13.8. The Labute approximate surface area is 169 Å². The van der Waals surface area contributed by atoms with Crippen LogP contribution in [0.4, 0.5) is 0 Å². The van der Waals surface area contributed by atoms with Crippen LogP contribution < -0.4 is 0 Å². The minimum absolute atomic E-state index is 0.156. The van der Waals surface area contributed by atoms with Crippen LogP contribution in [0.15, 0.2) is 60.7 Å². The second-order valence-electron chi connectivity index (χ2n) is 7.87. The van der Waals surface area contributed by atoms with Crippen molar-refractivity contribution in [2.24, 2.45) is 0 Å². The molecule has 0 radical (unpaired) electrons. The van der Waals surface area contributed by atoms with Crippen molar-refractivity contribution in [3.63, 3.8) is 0 Å². The Morgan fingerprint density at radius 3 is 1.79 bits per heavy atom. The fraction of sp³-hybridized carbons (Fsp3) is 0.231. The summed E-state index contributed by atoms with van der Waals surface area (Å²) in [5.74, 6) is -0.313. The molecule has 29 heavy (non-hydrogen) atoms. The van der Waals surface area contributed by atoms with Gasteiger partial charge in [0.1, 0.15) is 0 Å². The smallest absolute Gasteiger partial charge is 0.262 e. The number of hydrogen-bond acceptors (Lipinski definition) is 2. The topological polar surface area (TPSA) is 37.4 Å². The van der Waals surface area contributed by atoms with Crippen LogP contribution in [0.3, 0.4) is 0 Å². The van der Waals surface area contributed by atoms with E-state index in [1.165, 1.54) is 4.90 Å². The van der Waals surface area contributed by atoms with Gasteiger partial charge in [0.25, 0.3) is 11.8 Å². The van der Waals surface area contributed by atoms with E-state index in [0.29, 0.717) is 17.7 Å². The van der Waals surface area contributed by atoms with Gasteiger partial charge in [0, 0.05) is 11.9 Å². The van der Waals surface area contributed by atoms with Gasteiger partial charge in [-0.3, -0.25) is 14.5 Å². The summed E-state index contributed by atoms with van der Waals surface area (Å²) < 4.78 is 0. The van der Waals surface area contributed by atoms with Gasteiger partial charge in [-0.2, -0.15) is 0 Å². The van der Waals surface area contributed by atoms with Gasteiger partial charge in [0.2, 0.25) is 0 Å². The molecule has 0 fully saturated rings. The Bertz CT molecular complexity index is 1200. The van der Waals surface area contributed by atoms with Crippen molar-refractivity contribution < 1.29 is 9.59 Å². The Balaban J connectivity index is 1.81. The lowest BCUT2D eigenvalue weighted by Gasteiger charge is -2.29. The van der Waals surface area contributed by atoms with Crippen molar-refractivity contribution in [1.82, 2.24) is 4.90 Å². The van der Waals surface area contributed by atoms with Gasteiger partial charge in [-0.1, -0.05) is 74.7 Å². The average molecular weight is 381 g/mol. The molecule has 0 saturated heterocycles. The second-order valence-corrected chi connectivity index (χ2v) is 7.87. The van der Waals surface area contributed by atoms with Crippen molar-refractivity contribution in [3.8, 4) is 0 Å². The molecule has 0 saturated carbocycles. The van der Waals surface area contributed by atoms with Crippen LogP contribution >= 0.6 is 0 Å². The molecule has 3 nitrogen and oxygen atoms in total. The molecule has 4 aromatic carbocycles. The Morgan fingerprint density at radius 1 is 0.690 bits per heavy atom. The zero-order valence-corrected chi connectivity index (χ0v) is 16.6. The number of carbonyl (C=O) groups excluding carboxylic acids is 2. The molecule has 0 aliphatic carbocycles. The Kier molecular flexibility index (Phi) is 4.31. The van der Waals surface area contributed by atoms with Gasteiger partial charge in [-0.15, -0.1) is 0 Å². The third kappa shape index (κ3) is 2.72. The van der Waals surface area contributed by atoms with E-state index in [0.717, 1.165) is 58.0 Å². The molecule has 2 amide bonds. The Morgan fingerprint density at radius 2 is 1.24 bits per heavy atom. The van der Waals surface area contributed by atoms with E-state index in [1.54, 1.807) is 0 Å². The molecule has 144 valence electrons. The molecule has 0 aromatic heterocycles. The maximum atomic E-state index is 13.5. The van der Waals surface area contributed by atoms with Gasteiger partial charge in [-0.25, -0.2) is 0 Å². The van der Waals surface area contributed by atoms with Crippen LogP contribution in [0.1, 0.15) is 53.3 Å². The summed E-state index contributed by atoms with van der Waals surface area (Å²) in [7, 11) is 0. The maximum absolute atomic E-state index is 13.5. The first kappa shape index (κ1) is 17.9. The summed E-state index contributed by atoms with van der Waals surface area (Å²) in [6, 6.07) is 20.2. The molecule has 0 N–H and O–H groups in total. The average Bonchev–Trinajstić information content (AvgIpc) is 2.74. The molecule has 0 atom stereocenters. The van der Waals surface area contributed by atoms with E-state index in [-0.39, 0.29) is 11.8 Å². The number of nitrogens with zero attached hydrogens (tertiary/aromatic N) is 1. The highest BCUT2D eigenvalue weighted by atomic mass is 16.2. The highest BCUT2D eigenvalue weighted by Gasteiger charge is 2.35. The van der Waals surface area contributed by atoms with Crippen LogP contribution in [-0.2, 0) is 0 Å². The number of fused-ring (bicyclic) bond motifs is 4. The van der Waals surface area contributed by atoms with Crippen LogP contribution in [0.5, 0.6) is 0 Å². The van der Waals surface area contributed by atoms with Crippen LogP contribution in [-0.4, -0.2) is 23.3 Å². The summed E-state index contributed by atoms with van der Waals surface area (Å²) in [5, 5.41) is 5.68. The van der Waals surface area contributed by atoms with Crippen LogP contribution in [0.2, 0.25) is 0 Å². The lowest BCUT2D eigenvalue weighted by Crippen LogP contribution is -2.41. The number of imide groups is 1. The number of carbonyl (C=O) groups is 2. The molecule has 0 bridgehead atoms. The fourth-order valence-electron chi connectivity index (χ4n) is 4.61. The lowest BCUT2D eigenvalue weighted by atomic mass is 9.86. The van der Waals surface area contributed by atoms with Crippen molar-refractivity contribution >= 4 is 44.1 Å². The zero-order valence-electron chi connectivity index (χ0n) is 16.6. The third-order valence-electron chi connectivity index (χ3n) is 6.02. The zero-order chi connectivity index (χ0) is 20.0. The van der Waals surface area contributed by atoms with E-state index in [9.17, 15) is 9.59 Å². The molecule has 1 heterocycles. The van der Waals surface area contributed by atoms with Crippen molar-refractivity contribution in [2.45, 2.75) is 32.6 Å². The van der Waals surface area contributed by atoms with Gasteiger partial charge in [0.15, 0.2) is 0 Å². The second kappa shape index (κ2) is 7.00. The number of rotatable bonds is 5. The van der Waals surface area contributed by atoms with Crippen LogP contribution in [0, 0.1) is 0 Å². The van der Waals surface area contributed by atoms with Gasteiger partial charge in [-0.05, 0) is 45.5 Å².